The van der Waals surface area contributed by atoms with Gasteiger partial charge in [0.05, 0.1) is 28.6 Å². The SMILES string of the molecule is Nc1c(/N=N/c2ccc(S(=O)(=O)CCOS(=O)(=O)O)cc2)c(S(=O)(=O)O)cc2cc(OS(=O)O)cc(O)c12. The standard InChI is InChI=1S/C18H17N3O13S4/c19-17-16-10(7-12(9-14(16)22)34-35(23)24)8-15(37(27,28)29)18(17)21-20-11-1-3-13(4-2-11)36(25,26)6-5-33-38(30,31)32/h1-4,7-9,22H,5-6,19H2,(H,23,24)(H,27,28,29)(H,30,31,32)/b21-20+. The molecule has 0 aliphatic rings. The number of phenolic OH excluding ortho intramolecular Hbond substituents is 1. The molecule has 0 saturated heterocycles. The van der Waals surface area contributed by atoms with Crippen molar-refractivity contribution >= 4 is 69.6 Å². The molecule has 3 aromatic rings. The molecule has 16 nitrogen and oxygen atoms in total. The van der Waals surface area contributed by atoms with Crippen LogP contribution in [0.3, 0.4) is 0 Å². The van der Waals surface area contributed by atoms with E-state index >= 15 is 0 Å². The average molecular weight is 612 g/mol. The summed E-state index contributed by atoms with van der Waals surface area (Å²) >= 11 is -2.76. The fourth-order valence-electron chi connectivity index (χ4n) is 3.11. The molecule has 0 aromatic heterocycles. The zero-order valence-electron chi connectivity index (χ0n) is 18.5. The van der Waals surface area contributed by atoms with Crippen LogP contribution in [0.15, 0.2) is 62.5 Å². The van der Waals surface area contributed by atoms with Crippen molar-refractivity contribution in [3.63, 3.8) is 0 Å². The second-order valence-electron chi connectivity index (χ2n) is 7.22. The maximum atomic E-state index is 12.3. The molecule has 0 radical (unpaired) electrons. The number of benzene rings is 3. The number of hydrogen-bond acceptors (Lipinski definition) is 13. The Bertz CT molecular complexity index is 1770. The van der Waals surface area contributed by atoms with E-state index in [1.807, 2.05) is 0 Å². The van der Waals surface area contributed by atoms with E-state index in [1.165, 1.54) is 12.1 Å². The van der Waals surface area contributed by atoms with Crippen molar-refractivity contribution in [3.8, 4) is 11.5 Å². The van der Waals surface area contributed by atoms with Crippen molar-refractivity contribution in [1.82, 2.24) is 0 Å². The Morgan fingerprint density at radius 1 is 0.947 bits per heavy atom. The third-order valence-corrected chi connectivity index (χ3v) is 8.02. The lowest BCUT2D eigenvalue weighted by Crippen LogP contribution is -2.15. The molecule has 0 saturated carbocycles. The van der Waals surface area contributed by atoms with Crippen molar-refractivity contribution in [3.05, 3.63) is 42.5 Å². The molecular weight excluding hydrogens is 594 g/mol. The average Bonchev–Trinajstić information content (AvgIpc) is 2.76. The highest BCUT2D eigenvalue weighted by Gasteiger charge is 2.23. The first-order chi connectivity index (χ1) is 17.5. The van der Waals surface area contributed by atoms with Gasteiger partial charge in [-0.3, -0.25) is 13.7 Å². The molecule has 0 heterocycles. The number of nitrogens with two attached hydrogens (primary N) is 1. The van der Waals surface area contributed by atoms with Gasteiger partial charge in [-0.1, -0.05) is 0 Å². The largest absolute Gasteiger partial charge is 0.507 e. The van der Waals surface area contributed by atoms with Gasteiger partial charge in [0.25, 0.3) is 10.1 Å². The molecule has 1 atom stereocenters. The molecule has 6 N–H and O–H groups in total. The molecule has 3 aromatic carbocycles. The summed E-state index contributed by atoms with van der Waals surface area (Å²) in [5.74, 6) is -1.67. The Labute approximate surface area is 217 Å². The van der Waals surface area contributed by atoms with Gasteiger partial charge in [-0.25, -0.2) is 12.6 Å². The zero-order valence-corrected chi connectivity index (χ0v) is 21.8. The molecule has 0 amide bonds. The van der Waals surface area contributed by atoms with E-state index in [0.29, 0.717) is 0 Å². The van der Waals surface area contributed by atoms with Crippen LogP contribution in [0.1, 0.15) is 0 Å². The van der Waals surface area contributed by atoms with Gasteiger partial charge >= 0.3 is 21.8 Å². The monoisotopic (exact) mass is 611 g/mol. The van der Waals surface area contributed by atoms with Gasteiger partial charge in [0.2, 0.25) is 0 Å². The number of hydrogen-bond donors (Lipinski definition) is 5. The summed E-state index contributed by atoms with van der Waals surface area (Å²) in [5, 5.41) is 17.6. The van der Waals surface area contributed by atoms with Crippen LogP contribution in [0.4, 0.5) is 17.1 Å². The zero-order chi connectivity index (χ0) is 28.5. The Morgan fingerprint density at radius 2 is 1.58 bits per heavy atom. The third-order valence-electron chi connectivity index (χ3n) is 4.66. The number of fused-ring (bicyclic) bond motifs is 1. The summed E-state index contributed by atoms with van der Waals surface area (Å²) in [5.41, 5.74) is 4.98. The van der Waals surface area contributed by atoms with Crippen LogP contribution < -0.4 is 9.92 Å². The van der Waals surface area contributed by atoms with Crippen molar-refractivity contribution in [2.24, 2.45) is 10.2 Å². The second-order valence-corrected chi connectivity index (χ2v) is 12.4. The van der Waals surface area contributed by atoms with Gasteiger partial charge in [0, 0.05) is 11.5 Å². The summed E-state index contributed by atoms with van der Waals surface area (Å²) < 4.78 is 116. The summed E-state index contributed by atoms with van der Waals surface area (Å²) in [6, 6.07) is 7.38. The molecule has 20 heteroatoms. The van der Waals surface area contributed by atoms with E-state index in [2.05, 4.69) is 18.6 Å². The van der Waals surface area contributed by atoms with Crippen molar-refractivity contribution in [2.45, 2.75) is 9.79 Å². The van der Waals surface area contributed by atoms with Crippen molar-refractivity contribution in [2.75, 3.05) is 18.1 Å². The van der Waals surface area contributed by atoms with Gasteiger partial charge in [-0.05, 0) is 41.8 Å². The molecule has 38 heavy (non-hydrogen) atoms. The highest BCUT2D eigenvalue weighted by Crippen LogP contribution is 2.43. The molecule has 3 rings (SSSR count). The van der Waals surface area contributed by atoms with Gasteiger partial charge in [0.1, 0.15) is 22.1 Å². The quantitative estimate of drug-likeness (QED) is 0.0948. The molecule has 1 unspecified atom stereocenters. The van der Waals surface area contributed by atoms with Crippen LogP contribution in [0.2, 0.25) is 0 Å². The van der Waals surface area contributed by atoms with Gasteiger partial charge < -0.3 is 15.0 Å². The maximum Gasteiger partial charge on any atom is 0.397 e. The molecule has 0 spiro atoms. The normalized spacial score (nSPS) is 13.7. The molecule has 206 valence electrons. The van der Waals surface area contributed by atoms with Crippen LogP contribution >= 0.6 is 0 Å². The Hall–Kier alpha value is -3.24. The number of rotatable bonds is 10. The van der Waals surface area contributed by atoms with Gasteiger partial charge in [-0.2, -0.15) is 26.2 Å². The first-order valence-corrected chi connectivity index (χ1v) is 15.2. The van der Waals surface area contributed by atoms with E-state index < -0.39 is 76.1 Å². The van der Waals surface area contributed by atoms with E-state index in [9.17, 15) is 39.1 Å². The maximum absolute atomic E-state index is 12.3. The Balaban J connectivity index is 1.99. The van der Waals surface area contributed by atoms with E-state index in [1.54, 1.807) is 0 Å². The van der Waals surface area contributed by atoms with E-state index in [0.717, 1.165) is 30.3 Å². The minimum atomic E-state index is -4.96. The van der Waals surface area contributed by atoms with Crippen LogP contribution in [0.5, 0.6) is 11.5 Å². The lowest BCUT2D eigenvalue weighted by atomic mass is 10.1. The third kappa shape index (κ3) is 7.20. The van der Waals surface area contributed by atoms with Crippen LogP contribution in [0, 0.1) is 0 Å². The molecule has 0 aliphatic heterocycles. The number of anilines is 1. The predicted octanol–water partition coefficient (Wildman–Crippen LogP) is 1.90. The van der Waals surface area contributed by atoms with Gasteiger partial charge in [-0.15, -0.1) is 5.11 Å². The van der Waals surface area contributed by atoms with E-state index in [-0.39, 0.29) is 27.1 Å². The minimum absolute atomic E-state index is 0.00249. The van der Waals surface area contributed by atoms with Crippen molar-refractivity contribution in [1.29, 1.82) is 0 Å². The lowest BCUT2D eigenvalue weighted by molar-refractivity contribution is 0.284. The first kappa shape index (κ1) is 29.3. The second kappa shape index (κ2) is 10.9. The molecular formula is C18H17N3O13S4. The predicted molar refractivity (Wildman–Crippen MR) is 131 cm³/mol. The van der Waals surface area contributed by atoms with Gasteiger partial charge in [0.15, 0.2) is 9.84 Å². The fraction of sp³-hybridized carbons (Fsp3) is 0.111. The highest BCUT2D eigenvalue weighted by molar-refractivity contribution is 7.91. The molecule has 0 aliphatic carbocycles. The number of sulfone groups is 1. The summed E-state index contributed by atoms with van der Waals surface area (Å²) in [4.78, 5) is -1.09. The summed E-state index contributed by atoms with van der Waals surface area (Å²) in [7, 11) is -13.8. The number of aromatic hydroxyl groups is 1. The smallest absolute Gasteiger partial charge is 0.397 e. The van der Waals surface area contributed by atoms with Crippen LogP contribution in [-0.4, -0.2) is 60.6 Å². The summed E-state index contributed by atoms with van der Waals surface area (Å²) in [6.45, 7) is -0.833. The minimum Gasteiger partial charge on any atom is -0.507 e. The Morgan fingerprint density at radius 3 is 2.13 bits per heavy atom. The first-order valence-electron chi connectivity index (χ1n) is 9.70. The number of phenols is 1. The highest BCUT2D eigenvalue weighted by atomic mass is 32.3. The molecule has 0 bridgehead atoms. The Kier molecular flexibility index (Phi) is 8.38. The van der Waals surface area contributed by atoms with E-state index in [4.69, 9.17) is 14.8 Å². The fourth-order valence-corrected chi connectivity index (χ4v) is 5.54. The number of azo groups is 1. The topological polar surface area (TPSA) is 270 Å². The van der Waals surface area contributed by atoms with Crippen LogP contribution in [-0.2, 0) is 45.9 Å². The number of nitrogen functional groups attached to an aromatic ring is 1. The number of nitrogens with zero attached hydrogens (tertiary/aromatic N) is 2. The van der Waals surface area contributed by atoms with Crippen LogP contribution in [0.25, 0.3) is 10.8 Å². The van der Waals surface area contributed by atoms with Crippen molar-refractivity contribution < 1.29 is 56.6 Å². The lowest BCUT2D eigenvalue weighted by Gasteiger charge is -2.12. The molecule has 0 fully saturated rings. The summed E-state index contributed by atoms with van der Waals surface area (Å²) in [6.07, 6.45) is 0.